The van der Waals surface area contributed by atoms with Crippen molar-refractivity contribution in [2.75, 3.05) is 6.54 Å². The molecular formula is C13H21N3. The monoisotopic (exact) mass is 219 g/mol. The van der Waals surface area contributed by atoms with Crippen LogP contribution in [0.1, 0.15) is 43.9 Å². The number of rotatable bonds is 6. The number of aromatic nitrogens is 2. The summed E-state index contributed by atoms with van der Waals surface area (Å²) in [7, 11) is 1.97. The largest absolute Gasteiger partial charge is 0.313 e. The molecule has 0 radical (unpaired) electrons. The summed E-state index contributed by atoms with van der Waals surface area (Å²) in [5, 5.41) is 7.87. The third-order valence-corrected chi connectivity index (χ3v) is 2.47. The summed E-state index contributed by atoms with van der Waals surface area (Å²) in [5.74, 6) is 3.12. The van der Waals surface area contributed by atoms with Gasteiger partial charge in [0.25, 0.3) is 0 Å². The highest BCUT2D eigenvalue weighted by Crippen LogP contribution is 2.16. The molecule has 0 amide bonds. The summed E-state index contributed by atoms with van der Waals surface area (Å²) in [4.78, 5) is 0. The van der Waals surface area contributed by atoms with Gasteiger partial charge in [0.15, 0.2) is 0 Å². The molecule has 1 aromatic heterocycles. The lowest BCUT2D eigenvalue weighted by molar-refractivity contribution is 0.650. The Morgan fingerprint density at radius 1 is 1.56 bits per heavy atom. The quantitative estimate of drug-likeness (QED) is 0.586. The first-order valence-corrected chi connectivity index (χ1v) is 5.81. The Morgan fingerprint density at radius 2 is 2.31 bits per heavy atom. The van der Waals surface area contributed by atoms with Crippen LogP contribution in [0, 0.1) is 12.3 Å². The first-order valence-electron chi connectivity index (χ1n) is 5.81. The van der Waals surface area contributed by atoms with Gasteiger partial charge in [-0.2, -0.15) is 5.10 Å². The fraction of sp³-hybridized carbons (Fsp3) is 0.615. The lowest BCUT2D eigenvalue weighted by atomic mass is 10.1. The van der Waals surface area contributed by atoms with Gasteiger partial charge < -0.3 is 5.32 Å². The van der Waals surface area contributed by atoms with Crippen LogP contribution < -0.4 is 5.32 Å². The lowest BCUT2D eigenvalue weighted by Gasteiger charge is -2.06. The molecule has 3 heteroatoms. The van der Waals surface area contributed by atoms with Crippen molar-refractivity contribution in [3.05, 3.63) is 17.5 Å². The molecule has 0 saturated heterocycles. The van der Waals surface area contributed by atoms with Gasteiger partial charge in [-0.25, -0.2) is 0 Å². The highest BCUT2D eigenvalue weighted by atomic mass is 15.3. The number of nitrogens with one attached hydrogen (secondary N) is 1. The molecule has 0 aliphatic carbocycles. The van der Waals surface area contributed by atoms with Crippen LogP contribution in [0.3, 0.4) is 0 Å². The summed E-state index contributed by atoms with van der Waals surface area (Å²) >= 11 is 0. The molecule has 3 nitrogen and oxygen atoms in total. The molecule has 0 aromatic carbocycles. The Hall–Kier alpha value is -1.27. The van der Waals surface area contributed by atoms with Crippen LogP contribution in [-0.2, 0) is 13.6 Å². The van der Waals surface area contributed by atoms with E-state index in [0.717, 1.165) is 25.9 Å². The zero-order valence-corrected chi connectivity index (χ0v) is 10.5. The zero-order valence-electron chi connectivity index (χ0n) is 10.5. The van der Waals surface area contributed by atoms with E-state index in [1.807, 2.05) is 11.7 Å². The number of unbranched alkanes of at least 4 members (excludes halogenated alkanes) is 1. The first-order chi connectivity index (χ1) is 7.65. The molecule has 1 rings (SSSR count). The Labute approximate surface area is 98.2 Å². The van der Waals surface area contributed by atoms with Gasteiger partial charge in [0.05, 0.1) is 5.69 Å². The summed E-state index contributed by atoms with van der Waals surface area (Å²) in [6, 6.07) is 0. The normalized spacial score (nSPS) is 10.7. The number of hydrogen-bond acceptors (Lipinski definition) is 2. The predicted molar refractivity (Wildman–Crippen MR) is 67.1 cm³/mol. The van der Waals surface area contributed by atoms with Crippen molar-refractivity contribution in [1.29, 1.82) is 0 Å². The lowest BCUT2D eigenvalue weighted by Crippen LogP contribution is -2.15. The number of nitrogens with zero attached hydrogens (tertiary/aromatic N) is 2. The molecule has 1 heterocycles. The molecule has 0 saturated carbocycles. The van der Waals surface area contributed by atoms with Gasteiger partial charge in [0, 0.05) is 31.8 Å². The predicted octanol–water partition coefficient (Wildman–Crippen LogP) is 2.05. The topological polar surface area (TPSA) is 29.9 Å². The van der Waals surface area contributed by atoms with E-state index in [0.29, 0.717) is 5.92 Å². The van der Waals surface area contributed by atoms with E-state index >= 15 is 0 Å². The molecule has 88 valence electrons. The van der Waals surface area contributed by atoms with Crippen LogP contribution in [0.5, 0.6) is 0 Å². The molecule has 0 atom stereocenters. The maximum Gasteiger partial charge on any atom is 0.0694 e. The van der Waals surface area contributed by atoms with Gasteiger partial charge in [-0.05, 0) is 18.9 Å². The Kier molecular flexibility index (Phi) is 5.07. The van der Waals surface area contributed by atoms with E-state index in [9.17, 15) is 0 Å². The Bertz CT molecular complexity index is 358. The Morgan fingerprint density at radius 3 is 2.94 bits per heavy atom. The van der Waals surface area contributed by atoms with Crippen molar-refractivity contribution in [1.82, 2.24) is 15.1 Å². The summed E-state index contributed by atoms with van der Waals surface area (Å²) < 4.78 is 1.88. The summed E-state index contributed by atoms with van der Waals surface area (Å²) in [5.41, 5.74) is 2.48. The van der Waals surface area contributed by atoms with E-state index < -0.39 is 0 Å². The average Bonchev–Trinajstić information content (AvgIpc) is 2.59. The van der Waals surface area contributed by atoms with Gasteiger partial charge in [-0.1, -0.05) is 13.8 Å². The van der Waals surface area contributed by atoms with Crippen LogP contribution in [0.15, 0.2) is 6.20 Å². The number of terminal acetylenes is 1. The summed E-state index contributed by atoms with van der Waals surface area (Å²) in [6.45, 7) is 6.19. The number of hydrogen-bond donors (Lipinski definition) is 1. The SMILES string of the molecule is C#CCCCNCc1cn(C)nc1C(C)C. The fourth-order valence-corrected chi connectivity index (χ4v) is 1.72. The highest BCUT2D eigenvalue weighted by molar-refractivity contribution is 5.19. The third kappa shape index (κ3) is 3.71. The minimum absolute atomic E-state index is 0.476. The molecular weight excluding hydrogens is 198 g/mol. The maximum atomic E-state index is 5.20. The third-order valence-electron chi connectivity index (χ3n) is 2.47. The second-order valence-corrected chi connectivity index (χ2v) is 4.35. The zero-order chi connectivity index (χ0) is 12.0. The van der Waals surface area contributed by atoms with Crippen molar-refractivity contribution < 1.29 is 0 Å². The molecule has 0 fully saturated rings. The van der Waals surface area contributed by atoms with E-state index in [1.165, 1.54) is 11.3 Å². The van der Waals surface area contributed by atoms with Crippen molar-refractivity contribution in [3.63, 3.8) is 0 Å². The van der Waals surface area contributed by atoms with Gasteiger partial charge in [-0.3, -0.25) is 4.68 Å². The average molecular weight is 219 g/mol. The minimum atomic E-state index is 0.476. The van der Waals surface area contributed by atoms with Crippen molar-refractivity contribution >= 4 is 0 Å². The van der Waals surface area contributed by atoms with Crippen molar-refractivity contribution in [2.45, 2.75) is 39.2 Å². The van der Waals surface area contributed by atoms with Crippen molar-refractivity contribution in [2.24, 2.45) is 7.05 Å². The first kappa shape index (κ1) is 12.8. The smallest absolute Gasteiger partial charge is 0.0694 e. The van der Waals surface area contributed by atoms with Crippen LogP contribution >= 0.6 is 0 Å². The summed E-state index contributed by atoms with van der Waals surface area (Å²) in [6.07, 6.45) is 9.16. The van der Waals surface area contributed by atoms with Gasteiger partial charge in [-0.15, -0.1) is 12.3 Å². The van der Waals surface area contributed by atoms with Crippen LogP contribution in [0.4, 0.5) is 0 Å². The fourth-order valence-electron chi connectivity index (χ4n) is 1.72. The molecule has 0 aliphatic rings. The van der Waals surface area contributed by atoms with E-state index in [4.69, 9.17) is 6.42 Å². The molecule has 0 aliphatic heterocycles. The molecule has 1 N–H and O–H groups in total. The van der Waals surface area contributed by atoms with Crippen LogP contribution in [-0.4, -0.2) is 16.3 Å². The minimum Gasteiger partial charge on any atom is -0.313 e. The molecule has 0 spiro atoms. The number of aryl methyl sites for hydroxylation is 1. The highest BCUT2D eigenvalue weighted by Gasteiger charge is 2.10. The van der Waals surface area contributed by atoms with Crippen molar-refractivity contribution in [3.8, 4) is 12.3 Å². The molecule has 0 bridgehead atoms. The van der Waals surface area contributed by atoms with Gasteiger partial charge in [0.2, 0.25) is 0 Å². The van der Waals surface area contributed by atoms with Gasteiger partial charge in [0.1, 0.15) is 0 Å². The van der Waals surface area contributed by atoms with E-state index in [1.54, 1.807) is 0 Å². The molecule has 0 unspecified atom stereocenters. The van der Waals surface area contributed by atoms with Crippen LogP contribution in [0.25, 0.3) is 0 Å². The molecule has 1 aromatic rings. The second kappa shape index (κ2) is 6.34. The van der Waals surface area contributed by atoms with E-state index in [-0.39, 0.29) is 0 Å². The van der Waals surface area contributed by atoms with Crippen LogP contribution in [0.2, 0.25) is 0 Å². The van der Waals surface area contributed by atoms with E-state index in [2.05, 4.69) is 36.4 Å². The maximum absolute atomic E-state index is 5.20. The Balaban J connectivity index is 2.44. The standard InChI is InChI=1S/C13H21N3/c1-5-6-7-8-14-9-12-10-16(4)15-13(12)11(2)3/h1,10-11,14H,6-9H2,2-4H3. The van der Waals surface area contributed by atoms with Gasteiger partial charge >= 0.3 is 0 Å². The second-order valence-electron chi connectivity index (χ2n) is 4.35. The molecule has 16 heavy (non-hydrogen) atoms.